The van der Waals surface area contributed by atoms with Gasteiger partial charge in [0.25, 0.3) is 7.82 Å². The SMILES string of the molecule is CCNCC.O=P([O-])(O)O.[K+]. The van der Waals surface area contributed by atoms with E-state index in [0.717, 1.165) is 13.1 Å². The van der Waals surface area contributed by atoms with Gasteiger partial charge in [-0.3, -0.25) is 4.57 Å². The summed E-state index contributed by atoms with van der Waals surface area (Å²) in [5.74, 6) is 0. The summed E-state index contributed by atoms with van der Waals surface area (Å²) in [5.41, 5.74) is 0. The molecule has 0 radical (unpaired) electrons. The van der Waals surface area contributed by atoms with Crippen molar-refractivity contribution in [3.63, 3.8) is 0 Å². The third-order valence-electron chi connectivity index (χ3n) is 0.500. The first-order valence-corrected chi connectivity index (χ1v) is 4.42. The largest absolute Gasteiger partial charge is 1.00 e. The van der Waals surface area contributed by atoms with Crippen molar-refractivity contribution in [2.24, 2.45) is 0 Å². The van der Waals surface area contributed by atoms with Crippen LogP contribution in [0.25, 0.3) is 0 Å². The maximum atomic E-state index is 8.77. The second kappa shape index (κ2) is 11.7. The van der Waals surface area contributed by atoms with E-state index in [4.69, 9.17) is 19.2 Å². The van der Waals surface area contributed by atoms with Gasteiger partial charge in [-0.2, -0.15) is 0 Å². The minimum atomic E-state index is -4.89. The molecule has 5 nitrogen and oxygen atoms in total. The van der Waals surface area contributed by atoms with Gasteiger partial charge in [-0.15, -0.1) is 0 Å². The van der Waals surface area contributed by atoms with Crippen LogP contribution in [0.3, 0.4) is 0 Å². The third-order valence-corrected chi connectivity index (χ3v) is 0.500. The van der Waals surface area contributed by atoms with Gasteiger partial charge in [-0.05, 0) is 13.1 Å². The third kappa shape index (κ3) is 80.3. The van der Waals surface area contributed by atoms with Gasteiger partial charge in [-0.25, -0.2) is 0 Å². The Morgan fingerprint density at radius 3 is 1.55 bits per heavy atom. The maximum Gasteiger partial charge on any atom is 1.00 e. The van der Waals surface area contributed by atoms with Crippen LogP contribution in [0.15, 0.2) is 0 Å². The molecule has 0 atom stereocenters. The quantitative estimate of drug-likeness (QED) is 0.319. The van der Waals surface area contributed by atoms with Crippen LogP contribution in [-0.4, -0.2) is 22.9 Å². The Labute approximate surface area is 109 Å². The molecule has 0 aromatic rings. The fourth-order valence-corrected chi connectivity index (χ4v) is 0.250. The van der Waals surface area contributed by atoms with Crippen LogP contribution in [0.4, 0.5) is 0 Å². The fourth-order valence-electron chi connectivity index (χ4n) is 0.250. The molecule has 0 heterocycles. The molecule has 0 rings (SSSR count). The average molecular weight is 209 g/mol. The molecule has 0 aromatic heterocycles. The van der Waals surface area contributed by atoms with Crippen molar-refractivity contribution >= 4 is 7.82 Å². The summed E-state index contributed by atoms with van der Waals surface area (Å²) in [5, 5.41) is 3.11. The Morgan fingerprint density at radius 2 is 1.55 bits per heavy atom. The van der Waals surface area contributed by atoms with Crippen LogP contribution in [-0.2, 0) is 4.57 Å². The molecule has 0 saturated carbocycles. The van der Waals surface area contributed by atoms with Crippen LogP contribution in [0.2, 0.25) is 0 Å². The van der Waals surface area contributed by atoms with Crippen molar-refractivity contribution in [1.29, 1.82) is 0 Å². The van der Waals surface area contributed by atoms with Gasteiger partial charge in [0, 0.05) is 0 Å². The molecule has 0 bridgehead atoms. The van der Waals surface area contributed by atoms with Crippen LogP contribution < -0.4 is 61.6 Å². The van der Waals surface area contributed by atoms with Crippen LogP contribution in [0.1, 0.15) is 13.8 Å². The second-order valence-electron chi connectivity index (χ2n) is 1.45. The van der Waals surface area contributed by atoms with Crippen LogP contribution >= 0.6 is 7.82 Å². The number of hydrogen-bond acceptors (Lipinski definition) is 3. The van der Waals surface area contributed by atoms with Gasteiger partial charge in [0.1, 0.15) is 0 Å². The molecular formula is C4H13KNO4P. The first-order chi connectivity index (χ1) is 4.41. The average Bonchev–Trinajstić information content (AvgIpc) is 1.63. The summed E-state index contributed by atoms with van der Waals surface area (Å²) in [7, 11) is -4.89. The van der Waals surface area contributed by atoms with E-state index in [1.54, 1.807) is 0 Å². The van der Waals surface area contributed by atoms with Crippen molar-refractivity contribution in [3.05, 3.63) is 0 Å². The summed E-state index contributed by atoms with van der Waals surface area (Å²) >= 11 is 0. The first kappa shape index (κ1) is 18.5. The molecular weight excluding hydrogens is 196 g/mol. The van der Waals surface area contributed by atoms with Gasteiger partial charge in [0.2, 0.25) is 0 Å². The molecule has 0 saturated heterocycles. The summed E-state index contributed by atoms with van der Waals surface area (Å²) in [6, 6.07) is 0. The molecule has 0 amide bonds. The van der Waals surface area contributed by atoms with Gasteiger partial charge in [-0.1, -0.05) is 13.8 Å². The molecule has 0 aromatic carbocycles. The predicted molar refractivity (Wildman–Crippen MR) is 36.3 cm³/mol. The van der Waals surface area contributed by atoms with E-state index < -0.39 is 7.82 Å². The Bertz CT molecular complexity index is 96.0. The second-order valence-corrected chi connectivity index (χ2v) is 2.43. The van der Waals surface area contributed by atoms with Gasteiger partial charge in [0.05, 0.1) is 0 Å². The summed E-state index contributed by atoms with van der Waals surface area (Å²) in [6.07, 6.45) is 0. The Morgan fingerprint density at radius 1 is 1.36 bits per heavy atom. The Hall–Kier alpha value is 1.71. The number of nitrogens with one attached hydrogen (secondary N) is 1. The maximum absolute atomic E-state index is 8.77. The van der Waals surface area contributed by atoms with E-state index in [-0.39, 0.29) is 51.4 Å². The van der Waals surface area contributed by atoms with E-state index >= 15 is 0 Å². The standard InChI is InChI=1S/C4H11N.K.H3O4P/c1-3-5-4-2;;1-5(2,3)4/h5H,3-4H2,1-2H3;;(H3,1,2,3,4)/q;+1;/p-1. The minimum absolute atomic E-state index is 0. The number of rotatable bonds is 2. The van der Waals surface area contributed by atoms with Crippen LogP contribution in [0.5, 0.6) is 0 Å². The minimum Gasteiger partial charge on any atom is -0.756 e. The van der Waals surface area contributed by atoms with Gasteiger partial charge in [0.15, 0.2) is 0 Å². The van der Waals surface area contributed by atoms with Crippen molar-refractivity contribution in [2.75, 3.05) is 13.1 Å². The zero-order valence-electron chi connectivity index (χ0n) is 7.07. The first-order valence-electron chi connectivity index (χ1n) is 2.89. The van der Waals surface area contributed by atoms with Crippen molar-refractivity contribution in [1.82, 2.24) is 5.32 Å². The number of phosphoric acid groups is 1. The summed E-state index contributed by atoms with van der Waals surface area (Å²) in [6.45, 7) is 6.39. The predicted octanol–water partition coefficient (Wildman–Crippen LogP) is -3.94. The number of hydrogen-bond donors (Lipinski definition) is 3. The molecule has 0 unspecified atom stereocenters. The zero-order valence-corrected chi connectivity index (χ0v) is 11.1. The monoisotopic (exact) mass is 209 g/mol. The molecule has 0 aliphatic carbocycles. The molecule has 64 valence electrons. The van der Waals surface area contributed by atoms with Crippen molar-refractivity contribution < 1.29 is 70.6 Å². The molecule has 7 heteroatoms. The summed E-state index contributed by atoms with van der Waals surface area (Å²) in [4.78, 5) is 22.9. The fraction of sp³-hybridized carbons (Fsp3) is 1.00. The molecule has 0 fully saturated rings. The zero-order chi connectivity index (χ0) is 8.62. The Balaban J connectivity index is -0.000000107. The molecule has 3 N–H and O–H groups in total. The van der Waals surface area contributed by atoms with E-state index in [1.807, 2.05) is 0 Å². The Kier molecular flexibility index (Phi) is 19.7. The molecule has 0 aliphatic heterocycles. The van der Waals surface area contributed by atoms with E-state index in [1.165, 1.54) is 0 Å². The van der Waals surface area contributed by atoms with E-state index in [0.29, 0.717) is 0 Å². The smallest absolute Gasteiger partial charge is 0.756 e. The van der Waals surface area contributed by atoms with Gasteiger partial charge >= 0.3 is 51.4 Å². The summed E-state index contributed by atoms with van der Waals surface area (Å²) < 4.78 is 8.77. The van der Waals surface area contributed by atoms with Crippen molar-refractivity contribution in [3.8, 4) is 0 Å². The van der Waals surface area contributed by atoms with E-state index in [9.17, 15) is 0 Å². The van der Waals surface area contributed by atoms with Crippen LogP contribution in [0, 0.1) is 0 Å². The topological polar surface area (TPSA) is 92.6 Å². The van der Waals surface area contributed by atoms with Crippen molar-refractivity contribution in [2.45, 2.75) is 13.8 Å². The molecule has 11 heavy (non-hydrogen) atoms. The van der Waals surface area contributed by atoms with Gasteiger partial charge < -0.3 is 20.0 Å². The van der Waals surface area contributed by atoms with E-state index in [2.05, 4.69) is 19.2 Å². The molecule has 0 spiro atoms. The normalized spacial score (nSPS) is 9.18. The molecule has 0 aliphatic rings.